The number of benzene rings is 2. The van der Waals surface area contributed by atoms with E-state index in [4.69, 9.17) is 4.74 Å². The van der Waals surface area contributed by atoms with Crippen molar-refractivity contribution in [1.29, 1.82) is 0 Å². The zero-order valence-corrected chi connectivity index (χ0v) is 16.3. The van der Waals surface area contributed by atoms with Crippen LogP contribution in [-0.2, 0) is 21.1 Å². The van der Waals surface area contributed by atoms with Crippen LogP contribution in [0.15, 0.2) is 53.4 Å². The van der Waals surface area contributed by atoms with E-state index in [-0.39, 0.29) is 34.9 Å². The molecule has 5 nitrogen and oxygen atoms in total. The van der Waals surface area contributed by atoms with Gasteiger partial charge in [-0.15, -0.1) is 0 Å². The van der Waals surface area contributed by atoms with Gasteiger partial charge in [-0.05, 0) is 62.2 Å². The molecule has 0 bridgehead atoms. The number of carbonyl (C=O) groups is 1. The lowest BCUT2D eigenvalue weighted by Crippen LogP contribution is -2.27. The van der Waals surface area contributed by atoms with Gasteiger partial charge in [0.05, 0.1) is 16.8 Å². The van der Waals surface area contributed by atoms with Crippen molar-refractivity contribution in [2.45, 2.75) is 37.7 Å². The maximum atomic E-state index is 12.8. The standard InChI is InChI=1S/C20H24FNO4S/c1-15(2)26-18-7-9-19(10-8-18)27(24,25)14-12-20(23)22-13-11-16-3-5-17(21)6-4-16/h3-10,15H,11-14H2,1-2H3,(H,22,23). The Labute approximate surface area is 159 Å². The lowest BCUT2D eigenvalue weighted by atomic mass is 10.1. The molecule has 1 N–H and O–H groups in total. The van der Waals surface area contributed by atoms with Crippen molar-refractivity contribution in [2.24, 2.45) is 0 Å². The molecule has 2 aromatic rings. The number of carbonyl (C=O) groups excluding carboxylic acids is 1. The predicted molar refractivity (Wildman–Crippen MR) is 102 cm³/mol. The van der Waals surface area contributed by atoms with Gasteiger partial charge in [0.1, 0.15) is 11.6 Å². The van der Waals surface area contributed by atoms with E-state index >= 15 is 0 Å². The Morgan fingerprint density at radius 1 is 1.07 bits per heavy atom. The van der Waals surface area contributed by atoms with Gasteiger partial charge in [-0.25, -0.2) is 12.8 Å². The SMILES string of the molecule is CC(C)Oc1ccc(S(=O)(=O)CCC(=O)NCCc2ccc(F)cc2)cc1. The summed E-state index contributed by atoms with van der Waals surface area (Å²) < 4.78 is 43.0. The number of ether oxygens (including phenoxy) is 1. The second-order valence-corrected chi connectivity index (χ2v) is 8.54. The number of sulfone groups is 1. The van der Waals surface area contributed by atoms with Gasteiger partial charge in [0, 0.05) is 13.0 Å². The average Bonchev–Trinajstić information content (AvgIpc) is 2.62. The van der Waals surface area contributed by atoms with Crippen LogP contribution < -0.4 is 10.1 Å². The van der Waals surface area contributed by atoms with Crippen LogP contribution in [0.4, 0.5) is 4.39 Å². The fourth-order valence-corrected chi connectivity index (χ4v) is 3.67. The highest BCUT2D eigenvalue weighted by Crippen LogP contribution is 2.18. The number of amides is 1. The number of hydrogen-bond donors (Lipinski definition) is 1. The summed E-state index contributed by atoms with van der Waals surface area (Å²) in [6.07, 6.45) is 0.442. The first-order valence-electron chi connectivity index (χ1n) is 8.77. The summed E-state index contributed by atoms with van der Waals surface area (Å²) in [4.78, 5) is 12.0. The Morgan fingerprint density at radius 3 is 2.30 bits per heavy atom. The molecule has 0 aliphatic heterocycles. The molecule has 0 aromatic heterocycles. The molecule has 0 atom stereocenters. The molecule has 0 radical (unpaired) electrons. The molecule has 2 rings (SSSR count). The topological polar surface area (TPSA) is 72.5 Å². The molecule has 0 spiro atoms. The summed E-state index contributed by atoms with van der Waals surface area (Å²) in [5.41, 5.74) is 0.896. The Morgan fingerprint density at radius 2 is 1.70 bits per heavy atom. The van der Waals surface area contributed by atoms with E-state index in [1.165, 1.54) is 24.3 Å². The lowest BCUT2D eigenvalue weighted by molar-refractivity contribution is -0.120. The molecule has 0 heterocycles. The Kier molecular flexibility index (Phi) is 7.36. The third-order valence-electron chi connectivity index (χ3n) is 3.80. The van der Waals surface area contributed by atoms with Crippen LogP contribution in [-0.4, -0.2) is 32.7 Å². The van der Waals surface area contributed by atoms with Crippen molar-refractivity contribution >= 4 is 15.7 Å². The van der Waals surface area contributed by atoms with Gasteiger partial charge in [-0.1, -0.05) is 12.1 Å². The van der Waals surface area contributed by atoms with Crippen molar-refractivity contribution in [3.8, 4) is 5.75 Å². The van der Waals surface area contributed by atoms with Gasteiger partial charge >= 0.3 is 0 Å². The largest absolute Gasteiger partial charge is 0.491 e. The van der Waals surface area contributed by atoms with Crippen molar-refractivity contribution in [3.05, 3.63) is 59.9 Å². The number of hydrogen-bond acceptors (Lipinski definition) is 4. The maximum absolute atomic E-state index is 12.8. The second-order valence-electron chi connectivity index (χ2n) is 6.43. The number of nitrogens with one attached hydrogen (secondary N) is 1. The molecular formula is C20H24FNO4S. The van der Waals surface area contributed by atoms with Gasteiger partial charge in [-0.2, -0.15) is 0 Å². The monoisotopic (exact) mass is 393 g/mol. The zero-order chi connectivity index (χ0) is 19.9. The summed E-state index contributed by atoms with van der Waals surface area (Å²) in [5, 5.41) is 2.68. The third-order valence-corrected chi connectivity index (χ3v) is 5.53. The molecule has 0 unspecified atom stereocenters. The van der Waals surface area contributed by atoms with E-state index in [0.717, 1.165) is 5.56 Å². The fourth-order valence-electron chi connectivity index (χ4n) is 2.43. The molecule has 0 fully saturated rings. The summed E-state index contributed by atoms with van der Waals surface area (Å²) in [7, 11) is -3.54. The van der Waals surface area contributed by atoms with E-state index in [0.29, 0.717) is 18.7 Å². The summed E-state index contributed by atoms with van der Waals surface area (Å²) >= 11 is 0. The van der Waals surface area contributed by atoms with Crippen LogP contribution in [0.1, 0.15) is 25.8 Å². The van der Waals surface area contributed by atoms with Crippen molar-refractivity contribution in [1.82, 2.24) is 5.32 Å². The normalized spacial score (nSPS) is 11.4. The van der Waals surface area contributed by atoms with Crippen LogP contribution in [0, 0.1) is 5.82 Å². The molecule has 0 saturated carbocycles. The average molecular weight is 393 g/mol. The predicted octanol–water partition coefficient (Wildman–Crippen LogP) is 3.14. The molecule has 2 aromatic carbocycles. The maximum Gasteiger partial charge on any atom is 0.221 e. The minimum atomic E-state index is -3.54. The molecule has 7 heteroatoms. The Bertz CT molecular complexity index is 847. The van der Waals surface area contributed by atoms with Gasteiger partial charge in [0.2, 0.25) is 5.91 Å². The van der Waals surface area contributed by atoms with Gasteiger partial charge < -0.3 is 10.1 Å². The fraction of sp³-hybridized carbons (Fsp3) is 0.350. The first-order chi connectivity index (χ1) is 12.8. The molecule has 0 aliphatic carbocycles. The smallest absolute Gasteiger partial charge is 0.221 e. The van der Waals surface area contributed by atoms with E-state index < -0.39 is 9.84 Å². The van der Waals surface area contributed by atoms with Crippen molar-refractivity contribution in [2.75, 3.05) is 12.3 Å². The highest BCUT2D eigenvalue weighted by Gasteiger charge is 2.16. The van der Waals surface area contributed by atoms with Crippen LogP contribution in [0.5, 0.6) is 5.75 Å². The van der Waals surface area contributed by atoms with Crippen LogP contribution in [0.25, 0.3) is 0 Å². The van der Waals surface area contributed by atoms with Crippen LogP contribution in [0.2, 0.25) is 0 Å². The summed E-state index contributed by atoms with van der Waals surface area (Å²) in [5.74, 6) is -0.306. The highest BCUT2D eigenvalue weighted by molar-refractivity contribution is 7.91. The lowest BCUT2D eigenvalue weighted by Gasteiger charge is -2.10. The number of halogens is 1. The summed E-state index contributed by atoms with van der Waals surface area (Å²) in [6.45, 7) is 4.14. The van der Waals surface area contributed by atoms with E-state index in [1.54, 1.807) is 24.3 Å². The Hall–Kier alpha value is -2.41. The summed E-state index contributed by atoms with van der Waals surface area (Å²) in [6, 6.07) is 12.2. The minimum absolute atomic E-state index is 0.00561. The molecule has 0 aliphatic rings. The molecule has 27 heavy (non-hydrogen) atoms. The van der Waals surface area contributed by atoms with E-state index in [1.807, 2.05) is 13.8 Å². The van der Waals surface area contributed by atoms with Gasteiger partial charge in [0.15, 0.2) is 9.84 Å². The quantitative estimate of drug-likeness (QED) is 0.710. The Balaban J connectivity index is 1.79. The first-order valence-corrected chi connectivity index (χ1v) is 10.4. The zero-order valence-electron chi connectivity index (χ0n) is 15.4. The third kappa shape index (κ3) is 7.02. The highest BCUT2D eigenvalue weighted by atomic mass is 32.2. The van der Waals surface area contributed by atoms with Crippen molar-refractivity contribution < 1.29 is 22.3 Å². The number of rotatable bonds is 9. The van der Waals surface area contributed by atoms with Gasteiger partial charge in [-0.3, -0.25) is 4.79 Å². The minimum Gasteiger partial charge on any atom is -0.491 e. The second kappa shape index (κ2) is 9.50. The molecule has 0 saturated heterocycles. The van der Waals surface area contributed by atoms with Crippen LogP contribution >= 0.6 is 0 Å². The first kappa shape index (κ1) is 20.9. The molecule has 1 amide bonds. The van der Waals surface area contributed by atoms with Crippen molar-refractivity contribution in [3.63, 3.8) is 0 Å². The molecular weight excluding hydrogens is 369 g/mol. The van der Waals surface area contributed by atoms with E-state index in [2.05, 4.69) is 5.32 Å². The van der Waals surface area contributed by atoms with E-state index in [9.17, 15) is 17.6 Å². The van der Waals surface area contributed by atoms with Gasteiger partial charge in [0.25, 0.3) is 0 Å². The van der Waals surface area contributed by atoms with Crippen LogP contribution in [0.3, 0.4) is 0 Å². The molecule has 146 valence electrons.